The van der Waals surface area contributed by atoms with Gasteiger partial charge in [0, 0.05) is 31.3 Å². The molecule has 3 unspecified atom stereocenters. The zero-order valence-electron chi connectivity index (χ0n) is 13.5. The number of fused-ring (bicyclic) bond motifs is 1. The number of hydrogen-bond donors (Lipinski definition) is 1. The average Bonchev–Trinajstić information content (AvgIpc) is 3.14. The number of hydrogen-bond acceptors (Lipinski definition) is 2. The van der Waals surface area contributed by atoms with Gasteiger partial charge in [0.2, 0.25) is 5.91 Å². The minimum Gasteiger partial charge on any atom is -0.481 e. The molecule has 1 N–H and O–H groups in total. The highest BCUT2D eigenvalue weighted by atomic mass is 16.4. The Hall–Kier alpha value is -1.84. The molecular weight excluding hydrogens is 290 g/mol. The van der Waals surface area contributed by atoms with Crippen molar-refractivity contribution in [2.24, 2.45) is 5.92 Å². The molecule has 1 aliphatic carbocycles. The van der Waals surface area contributed by atoms with Crippen LogP contribution in [0.2, 0.25) is 0 Å². The summed E-state index contributed by atoms with van der Waals surface area (Å²) in [6.07, 6.45) is 5.45. The van der Waals surface area contributed by atoms with E-state index in [0.29, 0.717) is 37.1 Å². The first-order chi connectivity index (χ1) is 11.2. The highest BCUT2D eigenvalue weighted by Gasteiger charge is 2.46. The first-order valence-electron chi connectivity index (χ1n) is 8.73. The highest BCUT2D eigenvalue weighted by Crippen LogP contribution is 2.46. The van der Waals surface area contributed by atoms with E-state index in [1.807, 2.05) is 6.07 Å². The maximum atomic E-state index is 12.6. The van der Waals surface area contributed by atoms with Crippen molar-refractivity contribution in [1.29, 1.82) is 0 Å². The van der Waals surface area contributed by atoms with Gasteiger partial charge in [-0.15, -0.1) is 0 Å². The molecule has 1 aliphatic heterocycles. The molecule has 1 saturated heterocycles. The maximum absolute atomic E-state index is 12.6. The van der Waals surface area contributed by atoms with Crippen molar-refractivity contribution in [1.82, 2.24) is 4.90 Å². The number of rotatable bonds is 6. The van der Waals surface area contributed by atoms with E-state index in [-0.39, 0.29) is 12.3 Å². The number of carbonyl (C=O) groups is 2. The normalized spacial score (nSPS) is 26.3. The molecule has 1 heterocycles. The molecule has 1 aromatic carbocycles. The summed E-state index contributed by atoms with van der Waals surface area (Å²) in [5.41, 5.74) is 1.35. The third kappa shape index (κ3) is 3.57. The molecule has 0 spiro atoms. The number of benzene rings is 1. The van der Waals surface area contributed by atoms with Crippen LogP contribution >= 0.6 is 0 Å². The van der Waals surface area contributed by atoms with E-state index in [9.17, 15) is 9.59 Å². The van der Waals surface area contributed by atoms with Crippen molar-refractivity contribution >= 4 is 11.9 Å². The molecule has 0 radical (unpaired) electrons. The topological polar surface area (TPSA) is 57.6 Å². The van der Waals surface area contributed by atoms with Crippen molar-refractivity contribution in [3.63, 3.8) is 0 Å². The second-order valence-corrected chi connectivity index (χ2v) is 6.83. The number of nitrogens with zero attached hydrogens (tertiary/aromatic N) is 1. The maximum Gasteiger partial charge on any atom is 0.303 e. The van der Waals surface area contributed by atoms with Crippen molar-refractivity contribution < 1.29 is 14.7 Å². The van der Waals surface area contributed by atoms with Crippen LogP contribution in [0.4, 0.5) is 0 Å². The van der Waals surface area contributed by atoms with Crippen molar-refractivity contribution in [2.75, 3.05) is 6.54 Å². The summed E-state index contributed by atoms with van der Waals surface area (Å²) in [4.78, 5) is 25.2. The Morgan fingerprint density at radius 1 is 1.09 bits per heavy atom. The quantitative estimate of drug-likeness (QED) is 0.818. The van der Waals surface area contributed by atoms with E-state index >= 15 is 0 Å². The van der Waals surface area contributed by atoms with E-state index < -0.39 is 5.97 Å². The predicted molar refractivity (Wildman–Crippen MR) is 88.1 cm³/mol. The van der Waals surface area contributed by atoms with E-state index in [4.69, 9.17) is 5.11 Å². The average molecular weight is 315 g/mol. The Morgan fingerprint density at radius 3 is 2.57 bits per heavy atom. The van der Waals surface area contributed by atoms with Crippen LogP contribution < -0.4 is 0 Å². The lowest BCUT2D eigenvalue weighted by atomic mass is 9.87. The molecule has 4 nitrogen and oxygen atoms in total. The second-order valence-electron chi connectivity index (χ2n) is 6.83. The van der Waals surface area contributed by atoms with Gasteiger partial charge in [-0.2, -0.15) is 0 Å². The smallest absolute Gasteiger partial charge is 0.303 e. The number of aliphatic carboxylic acids is 1. The molecule has 3 atom stereocenters. The molecule has 3 rings (SSSR count). The van der Waals surface area contributed by atoms with Gasteiger partial charge < -0.3 is 10.0 Å². The molecule has 1 saturated carbocycles. The molecule has 2 fully saturated rings. The molecule has 1 amide bonds. The fourth-order valence-corrected chi connectivity index (χ4v) is 4.34. The third-order valence-electron chi connectivity index (χ3n) is 5.42. The van der Waals surface area contributed by atoms with Crippen LogP contribution in [0.1, 0.15) is 56.4 Å². The van der Waals surface area contributed by atoms with Gasteiger partial charge in [-0.1, -0.05) is 36.8 Å². The Balaban J connectivity index is 1.62. The standard InChI is InChI=1S/C19H25NO3/c21-18(11-4-5-12-19(22)23)20-13-16(14-7-2-1-3-8-14)15-9-6-10-17(15)20/h1-3,7-8,15-17H,4-6,9-13H2,(H,22,23). The summed E-state index contributed by atoms with van der Waals surface area (Å²) in [6, 6.07) is 11.0. The zero-order valence-corrected chi connectivity index (χ0v) is 13.5. The van der Waals surface area contributed by atoms with Crippen molar-refractivity contribution in [2.45, 2.75) is 56.9 Å². The van der Waals surface area contributed by atoms with Gasteiger partial charge in [-0.05, 0) is 37.2 Å². The number of carboxylic acids is 1. The van der Waals surface area contributed by atoms with E-state index in [2.05, 4.69) is 29.2 Å². The number of unbranched alkanes of at least 4 members (excludes halogenated alkanes) is 1. The van der Waals surface area contributed by atoms with Gasteiger partial charge in [0.15, 0.2) is 0 Å². The Morgan fingerprint density at radius 2 is 1.83 bits per heavy atom. The van der Waals surface area contributed by atoms with Gasteiger partial charge in [0.25, 0.3) is 0 Å². The minimum atomic E-state index is -0.779. The fourth-order valence-electron chi connectivity index (χ4n) is 4.34. The molecule has 2 aliphatic rings. The first-order valence-corrected chi connectivity index (χ1v) is 8.73. The van der Waals surface area contributed by atoms with Gasteiger partial charge in [0.1, 0.15) is 0 Å². The van der Waals surface area contributed by atoms with Gasteiger partial charge in [-0.25, -0.2) is 0 Å². The summed E-state index contributed by atoms with van der Waals surface area (Å²) >= 11 is 0. The minimum absolute atomic E-state index is 0.159. The monoisotopic (exact) mass is 315 g/mol. The molecule has 23 heavy (non-hydrogen) atoms. The third-order valence-corrected chi connectivity index (χ3v) is 5.42. The van der Waals surface area contributed by atoms with Crippen molar-refractivity contribution in [3.8, 4) is 0 Å². The molecule has 4 heteroatoms. The van der Waals surface area contributed by atoms with Crippen LogP contribution in [0.5, 0.6) is 0 Å². The summed E-state index contributed by atoms with van der Waals surface area (Å²) in [6.45, 7) is 0.830. The van der Waals surface area contributed by atoms with Crippen LogP contribution in [0.15, 0.2) is 30.3 Å². The zero-order chi connectivity index (χ0) is 16.2. The molecule has 0 bridgehead atoms. The lowest BCUT2D eigenvalue weighted by Crippen LogP contribution is -2.35. The van der Waals surface area contributed by atoms with Crippen LogP contribution in [0.25, 0.3) is 0 Å². The molecular formula is C19H25NO3. The van der Waals surface area contributed by atoms with Crippen molar-refractivity contribution in [3.05, 3.63) is 35.9 Å². The van der Waals surface area contributed by atoms with Gasteiger partial charge in [0.05, 0.1) is 0 Å². The number of amides is 1. The van der Waals surface area contributed by atoms with E-state index in [1.54, 1.807) is 0 Å². The second kappa shape index (κ2) is 7.16. The highest BCUT2D eigenvalue weighted by molar-refractivity contribution is 5.77. The number of likely N-dealkylation sites (tertiary alicyclic amines) is 1. The SMILES string of the molecule is O=C(O)CCCCC(=O)N1CC(c2ccccc2)C2CCCC21. The Bertz CT molecular complexity index is 557. The number of carbonyl (C=O) groups excluding carboxylic acids is 1. The van der Waals surface area contributed by atoms with E-state index in [0.717, 1.165) is 13.0 Å². The van der Waals surface area contributed by atoms with E-state index in [1.165, 1.54) is 18.4 Å². The van der Waals surface area contributed by atoms with Gasteiger partial charge in [-0.3, -0.25) is 9.59 Å². The largest absolute Gasteiger partial charge is 0.481 e. The lowest BCUT2D eigenvalue weighted by Gasteiger charge is -2.23. The van der Waals surface area contributed by atoms with Crippen LogP contribution in [-0.2, 0) is 9.59 Å². The summed E-state index contributed by atoms with van der Waals surface area (Å²) < 4.78 is 0. The summed E-state index contributed by atoms with van der Waals surface area (Å²) in [5, 5.41) is 8.68. The Kier molecular flexibility index (Phi) is 4.99. The molecule has 0 aromatic heterocycles. The van der Waals surface area contributed by atoms with Crippen LogP contribution in [0, 0.1) is 5.92 Å². The summed E-state index contributed by atoms with van der Waals surface area (Å²) in [5.74, 6) is 0.497. The Labute approximate surface area is 137 Å². The lowest BCUT2D eigenvalue weighted by molar-refractivity contribution is -0.137. The molecule has 124 valence electrons. The predicted octanol–water partition coefficient (Wildman–Crippen LogP) is 3.43. The number of carboxylic acid groups (broad SMARTS) is 1. The first kappa shape index (κ1) is 16.0. The fraction of sp³-hybridized carbons (Fsp3) is 0.579. The van der Waals surface area contributed by atoms with Crippen LogP contribution in [0.3, 0.4) is 0 Å². The molecule has 1 aromatic rings. The van der Waals surface area contributed by atoms with Gasteiger partial charge >= 0.3 is 5.97 Å². The van der Waals surface area contributed by atoms with Crippen LogP contribution in [-0.4, -0.2) is 34.5 Å². The summed E-state index contributed by atoms with van der Waals surface area (Å²) in [7, 11) is 0.